The fraction of sp³-hybridized carbons (Fsp3) is 0.667. The molecule has 0 amide bonds. The van der Waals surface area contributed by atoms with Gasteiger partial charge in [-0.2, -0.15) is 0 Å². The third-order valence-electron chi connectivity index (χ3n) is 3.32. The van der Waals surface area contributed by atoms with Gasteiger partial charge < -0.3 is 19.3 Å². The van der Waals surface area contributed by atoms with E-state index in [2.05, 4.69) is 19.1 Å². The van der Waals surface area contributed by atoms with Gasteiger partial charge in [-0.25, -0.2) is 0 Å². The van der Waals surface area contributed by atoms with Crippen LogP contribution in [0.1, 0.15) is 38.2 Å². The van der Waals surface area contributed by atoms with Crippen LogP contribution < -0.4 is 4.74 Å². The van der Waals surface area contributed by atoms with Gasteiger partial charge in [0, 0.05) is 19.8 Å². The minimum atomic E-state index is 0.0890. The van der Waals surface area contributed by atoms with Gasteiger partial charge in [-0.1, -0.05) is 19.1 Å². The highest BCUT2D eigenvalue weighted by molar-refractivity contribution is 5.28. The van der Waals surface area contributed by atoms with Crippen LogP contribution in [0.5, 0.6) is 5.75 Å². The summed E-state index contributed by atoms with van der Waals surface area (Å²) < 4.78 is 16.4. The summed E-state index contributed by atoms with van der Waals surface area (Å²) in [5.74, 6) is 0.971. The third-order valence-corrected chi connectivity index (χ3v) is 3.32. The van der Waals surface area contributed by atoms with Crippen LogP contribution >= 0.6 is 0 Å². The molecular formula is C18H30O4. The zero-order valence-corrected chi connectivity index (χ0v) is 13.8. The lowest BCUT2D eigenvalue weighted by molar-refractivity contribution is 0.0628. The Hall–Kier alpha value is -1.10. The zero-order chi connectivity index (χ0) is 15.9. The van der Waals surface area contributed by atoms with Gasteiger partial charge in [0.15, 0.2) is 0 Å². The van der Waals surface area contributed by atoms with Crippen molar-refractivity contribution in [3.05, 3.63) is 29.8 Å². The lowest BCUT2D eigenvalue weighted by atomic mass is 10.2. The van der Waals surface area contributed by atoms with E-state index < -0.39 is 0 Å². The summed E-state index contributed by atoms with van der Waals surface area (Å²) >= 11 is 0. The number of ether oxygens (including phenoxy) is 3. The molecule has 22 heavy (non-hydrogen) atoms. The maximum absolute atomic E-state index is 8.54. The van der Waals surface area contributed by atoms with Gasteiger partial charge in [0.25, 0.3) is 0 Å². The highest BCUT2D eigenvalue weighted by Crippen LogP contribution is 2.14. The lowest BCUT2D eigenvalue weighted by Crippen LogP contribution is -2.05. The number of benzene rings is 1. The molecule has 0 fully saturated rings. The number of aryl methyl sites for hydroxylation is 1. The van der Waals surface area contributed by atoms with Crippen molar-refractivity contribution in [1.82, 2.24) is 0 Å². The monoisotopic (exact) mass is 310 g/mol. The van der Waals surface area contributed by atoms with E-state index in [1.54, 1.807) is 0 Å². The largest absolute Gasteiger partial charge is 0.494 e. The quantitative estimate of drug-likeness (QED) is 0.536. The molecule has 0 atom stereocenters. The highest BCUT2D eigenvalue weighted by atomic mass is 16.5. The Morgan fingerprint density at radius 3 is 2.36 bits per heavy atom. The van der Waals surface area contributed by atoms with Crippen molar-refractivity contribution in [3.8, 4) is 5.75 Å². The van der Waals surface area contributed by atoms with Crippen molar-refractivity contribution >= 4 is 0 Å². The SMILES string of the molecule is CCc1cccc(OCCCCCOCCCOCCO)c1. The fourth-order valence-electron chi connectivity index (χ4n) is 2.06. The van der Waals surface area contributed by atoms with Crippen LogP contribution in [0.4, 0.5) is 0 Å². The summed E-state index contributed by atoms with van der Waals surface area (Å²) in [6.45, 7) is 5.61. The van der Waals surface area contributed by atoms with Crippen molar-refractivity contribution in [3.63, 3.8) is 0 Å². The molecule has 0 heterocycles. The topological polar surface area (TPSA) is 47.9 Å². The van der Waals surface area contributed by atoms with Crippen molar-refractivity contribution in [2.45, 2.75) is 39.0 Å². The molecule has 1 aromatic carbocycles. The van der Waals surface area contributed by atoms with Gasteiger partial charge >= 0.3 is 0 Å². The van der Waals surface area contributed by atoms with Crippen LogP contribution in [0.2, 0.25) is 0 Å². The Morgan fingerprint density at radius 1 is 0.864 bits per heavy atom. The van der Waals surface area contributed by atoms with E-state index >= 15 is 0 Å². The molecule has 0 spiro atoms. The van der Waals surface area contributed by atoms with Gasteiger partial charge in [-0.15, -0.1) is 0 Å². The zero-order valence-electron chi connectivity index (χ0n) is 13.8. The van der Waals surface area contributed by atoms with Crippen LogP contribution in [0.25, 0.3) is 0 Å². The number of unbranched alkanes of at least 4 members (excludes halogenated alkanes) is 2. The predicted octanol–water partition coefficient (Wildman–Crippen LogP) is 3.21. The van der Waals surface area contributed by atoms with Crippen LogP contribution in [0.3, 0.4) is 0 Å². The summed E-state index contributed by atoms with van der Waals surface area (Å²) in [6.07, 6.45) is 5.17. The first-order valence-electron chi connectivity index (χ1n) is 8.35. The first-order valence-corrected chi connectivity index (χ1v) is 8.35. The number of hydrogen-bond acceptors (Lipinski definition) is 4. The maximum atomic E-state index is 8.54. The van der Waals surface area contributed by atoms with E-state index in [0.717, 1.165) is 57.7 Å². The Bertz CT molecular complexity index is 368. The van der Waals surface area contributed by atoms with Gasteiger partial charge in [0.1, 0.15) is 5.75 Å². The van der Waals surface area contributed by atoms with Crippen molar-refractivity contribution in [2.24, 2.45) is 0 Å². The molecular weight excluding hydrogens is 280 g/mol. The maximum Gasteiger partial charge on any atom is 0.119 e. The normalized spacial score (nSPS) is 10.8. The minimum Gasteiger partial charge on any atom is -0.494 e. The number of aliphatic hydroxyl groups is 1. The Morgan fingerprint density at radius 2 is 1.59 bits per heavy atom. The molecule has 0 aliphatic carbocycles. The van der Waals surface area contributed by atoms with Crippen LogP contribution in [-0.2, 0) is 15.9 Å². The van der Waals surface area contributed by atoms with E-state index in [0.29, 0.717) is 13.2 Å². The van der Waals surface area contributed by atoms with Crippen molar-refractivity contribution in [2.75, 3.05) is 39.6 Å². The van der Waals surface area contributed by atoms with E-state index in [1.807, 2.05) is 12.1 Å². The molecule has 0 aliphatic heterocycles. The van der Waals surface area contributed by atoms with Gasteiger partial charge in [-0.05, 0) is 49.8 Å². The molecule has 0 unspecified atom stereocenters. The summed E-state index contributed by atoms with van der Waals surface area (Å²) in [6, 6.07) is 8.30. The predicted molar refractivity (Wildman–Crippen MR) is 88.5 cm³/mol. The molecule has 4 heteroatoms. The number of aliphatic hydroxyl groups excluding tert-OH is 1. The third kappa shape index (κ3) is 9.77. The van der Waals surface area contributed by atoms with E-state index in [1.165, 1.54) is 5.56 Å². The first-order chi connectivity index (χ1) is 10.9. The average molecular weight is 310 g/mol. The summed E-state index contributed by atoms with van der Waals surface area (Å²) in [5, 5.41) is 8.54. The fourth-order valence-corrected chi connectivity index (χ4v) is 2.06. The Labute approximate surface area is 134 Å². The highest BCUT2D eigenvalue weighted by Gasteiger charge is 1.96. The van der Waals surface area contributed by atoms with Crippen LogP contribution in [0, 0.1) is 0 Å². The average Bonchev–Trinajstić information content (AvgIpc) is 2.56. The number of hydrogen-bond donors (Lipinski definition) is 1. The first kappa shape index (κ1) is 18.9. The molecule has 126 valence electrons. The molecule has 0 aliphatic rings. The molecule has 0 radical (unpaired) electrons. The molecule has 0 bridgehead atoms. The summed E-state index contributed by atoms with van der Waals surface area (Å²) in [5.41, 5.74) is 1.31. The molecule has 1 aromatic rings. The molecule has 4 nitrogen and oxygen atoms in total. The molecule has 1 N–H and O–H groups in total. The van der Waals surface area contributed by atoms with E-state index in [-0.39, 0.29) is 6.61 Å². The number of rotatable bonds is 14. The molecule has 0 saturated carbocycles. The molecule has 1 rings (SSSR count). The molecule has 0 saturated heterocycles. The van der Waals surface area contributed by atoms with Crippen LogP contribution in [-0.4, -0.2) is 44.7 Å². The minimum absolute atomic E-state index is 0.0890. The standard InChI is InChI=1S/C18H30O4/c1-2-17-8-6-9-18(16-17)22-14-5-3-4-11-20-12-7-13-21-15-10-19/h6,8-9,16,19H,2-5,7,10-15H2,1H3. The van der Waals surface area contributed by atoms with Crippen molar-refractivity contribution in [1.29, 1.82) is 0 Å². The summed E-state index contributed by atoms with van der Waals surface area (Å²) in [7, 11) is 0. The summed E-state index contributed by atoms with van der Waals surface area (Å²) in [4.78, 5) is 0. The van der Waals surface area contributed by atoms with Crippen molar-refractivity contribution < 1.29 is 19.3 Å². The smallest absolute Gasteiger partial charge is 0.119 e. The van der Waals surface area contributed by atoms with E-state index in [4.69, 9.17) is 19.3 Å². The second-order valence-electron chi connectivity index (χ2n) is 5.21. The second-order valence-corrected chi connectivity index (χ2v) is 5.21. The lowest BCUT2D eigenvalue weighted by Gasteiger charge is -2.08. The second kappa shape index (κ2) is 13.6. The van der Waals surface area contributed by atoms with Gasteiger partial charge in [-0.3, -0.25) is 0 Å². The van der Waals surface area contributed by atoms with Gasteiger partial charge in [0.05, 0.1) is 19.8 Å². The van der Waals surface area contributed by atoms with Crippen LogP contribution in [0.15, 0.2) is 24.3 Å². The Kier molecular flexibility index (Phi) is 11.7. The molecule has 0 aromatic heterocycles. The van der Waals surface area contributed by atoms with Gasteiger partial charge in [0.2, 0.25) is 0 Å². The van der Waals surface area contributed by atoms with E-state index in [9.17, 15) is 0 Å². The Balaban J connectivity index is 1.87.